The molecule has 1 heterocycles. The molecule has 0 saturated carbocycles. The first-order valence-corrected chi connectivity index (χ1v) is 8.56. The summed E-state index contributed by atoms with van der Waals surface area (Å²) in [6.45, 7) is 6.33. The SMILES string of the molecule is CC(C)NCc1ccc(N2CCS(=O)(=O)CC2)cc1. The maximum atomic E-state index is 11.4. The molecule has 106 valence electrons. The molecule has 0 amide bonds. The average molecular weight is 282 g/mol. The Hall–Kier alpha value is -1.07. The molecule has 2 rings (SSSR count). The molecule has 5 heteroatoms. The third-order valence-corrected chi connectivity index (χ3v) is 4.97. The van der Waals surface area contributed by atoms with Crippen LogP contribution in [0.5, 0.6) is 0 Å². The molecular formula is C14H22N2O2S. The summed E-state index contributed by atoms with van der Waals surface area (Å²) in [6, 6.07) is 8.85. The van der Waals surface area contributed by atoms with E-state index in [4.69, 9.17) is 0 Å². The van der Waals surface area contributed by atoms with E-state index >= 15 is 0 Å². The van der Waals surface area contributed by atoms with Crippen molar-refractivity contribution in [2.24, 2.45) is 0 Å². The number of sulfone groups is 1. The van der Waals surface area contributed by atoms with Gasteiger partial charge in [-0.05, 0) is 17.7 Å². The van der Waals surface area contributed by atoms with Crippen LogP contribution < -0.4 is 10.2 Å². The van der Waals surface area contributed by atoms with Gasteiger partial charge < -0.3 is 10.2 Å². The smallest absolute Gasteiger partial charge is 0.153 e. The number of hydrogen-bond donors (Lipinski definition) is 1. The maximum absolute atomic E-state index is 11.4. The fourth-order valence-corrected chi connectivity index (χ4v) is 3.32. The first kappa shape index (κ1) is 14.3. The van der Waals surface area contributed by atoms with E-state index in [1.807, 2.05) is 0 Å². The molecule has 0 bridgehead atoms. The predicted octanol–water partition coefficient (Wildman–Crippen LogP) is 1.42. The van der Waals surface area contributed by atoms with Crippen molar-refractivity contribution in [1.29, 1.82) is 0 Å². The molecule has 1 aliphatic heterocycles. The molecule has 1 saturated heterocycles. The molecule has 0 spiro atoms. The minimum atomic E-state index is -2.80. The summed E-state index contributed by atoms with van der Waals surface area (Å²) >= 11 is 0. The largest absolute Gasteiger partial charge is 0.369 e. The normalized spacial score (nSPS) is 18.8. The molecule has 1 aliphatic rings. The van der Waals surface area contributed by atoms with Crippen molar-refractivity contribution >= 4 is 15.5 Å². The quantitative estimate of drug-likeness (QED) is 0.907. The summed E-state index contributed by atoms with van der Waals surface area (Å²) in [5, 5.41) is 3.38. The second-order valence-electron chi connectivity index (χ2n) is 5.34. The standard InChI is InChI=1S/C14H22N2O2S/c1-12(2)15-11-13-3-5-14(6-4-13)16-7-9-19(17,18)10-8-16/h3-6,12,15H,7-11H2,1-2H3. The molecule has 0 aromatic heterocycles. The highest BCUT2D eigenvalue weighted by Crippen LogP contribution is 2.18. The molecule has 4 nitrogen and oxygen atoms in total. The molecule has 0 aliphatic carbocycles. The molecule has 0 unspecified atom stereocenters. The van der Waals surface area contributed by atoms with E-state index in [1.54, 1.807) is 0 Å². The van der Waals surface area contributed by atoms with E-state index < -0.39 is 9.84 Å². The highest BCUT2D eigenvalue weighted by molar-refractivity contribution is 7.91. The summed E-state index contributed by atoms with van der Waals surface area (Å²) in [6.07, 6.45) is 0. The lowest BCUT2D eigenvalue weighted by Crippen LogP contribution is -2.40. The van der Waals surface area contributed by atoms with Gasteiger partial charge in [-0.1, -0.05) is 26.0 Å². The van der Waals surface area contributed by atoms with Gasteiger partial charge in [0.2, 0.25) is 0 Å². The first-order valence-electron chi connectivity index (χ1n) is 6.74. The number of nitrogens with one attached hydrogen (secondary N) is 1. The zero-order chi connectivity index (χ0) is 13.9. The van der Waals surface area contributed by atoms with Gasteiger partial charge in [-0.15, -0.1) is 0 Å². The number of nitrogens with zero attached hydrogens (tertiary/aromatic N) is 1. The summed E-state index contributed by atoms with van der Waals surface area (Å²) in [5.74, 6) is 0.535. The van der Waals surface area contributed by atoms with Crippen molar-refractivity contribution in [1.82, 2.24) is 5.32 Å². The average Bonchev–Trinajstić information content (AvgIpc) is 2.37. The van der Waals surface area contributed by atoms with Crippen molar-refractivity contribution in [2.45, 2.75) is 26.4 Å². The molecule has 1 aromatic rings. The van der Waals surface area contributed by atoms with E-state index in [9.17, 15) is 8.42 Å². The predicted molar refractivity (Wildman–Crippen MR) is 79.3 cm³/mol. The van der Waals surface area contributed by atoms with Gasteiger partial charge in [0.15, 0.2) is 9.84 Å². The lowest BCUT2D eigenvalue weighted by atomic mass is 10.2. The third kappa shape index (κ3) is 4.21. The zero-order valence-electron chi connectivity index (χ0n) is 11.6. The van der Waals surface area contributed by atoms with Crippen molar-refractivity contribution in [3.05, 3.63) is 29.8 Å². The minimum Gasteiger partial charge on any atom is -0.369 e. The van der Waals surface area contributed by atoms with Crippen LogP contribution in [-0.4, -0.2) is 39.1 Å². The number of anilines is 1. The van der Waals surface area contributed by atoms with Crippen LogP contribution in [0.4, 0.5) is 5.69 Å². The molecule has 1 fully saturated rings. The van der Waals surface area contributed by atoms with Gasteiger partial charge in [0.25, 0.3) is 0 Å². The van der Waals surface area contributed by atoms with Crippen LogP contribution in [0.25, 0.3) is 0 Å². The molecular weight excluding hydrogens is 260 g/mol. The van der Waals surface area contributed by atoms with Crippen LogP contribution in [0, 0.1) is 0 Å². The van der Waals surface area contributed by atoms with Gasteiger partial charge >= 0.3 is 0 Å². The van der Waals surface area contributed by atoms with Gasteiger partial charge in [0, 0.05) is 31.4 Å². The Morgan fingerprint density at radius 3 is 2.26 bits per heavy atom. The number of rotatable bonds is 4. The van der Waals surface area contributed by atoms with Gasteiger partial charge in [-0.2, -0.15) is 0 Å². The highest BCUT2D eigenvalue weighted by atomic mass is 32.2. The minimum absolute atomic E-state index is 0.268. The topological polar surface area (TPSA) is 49.4 Å². The van der Waals surface area contributed by atoms with E-state index in [0.717, 1.165) is 12.2 Å². The summed E-state index contributed by atoms with van der Waals surface area (Å²) in [7, 11) is -2.80. The van der Waals surface area contributed by atoms with E-state index in [0.29, 0.717) is 19.1 Å². The second-order valence-corrected chi connectivity index (χ2v) is 7.64. The van der Waals surface area contributed by atoms with Gasteiger partial charge in [0.1, 0.15) is 0 Å². The molecule has 1 N–H and O–H groups in total. The van der Waals surface area contributed by atoms with Crippen LogP contribution >= 0.6 is 0 Å². The molecule has 0 atom stereocenters. The Labute approximate surface area is 115 Å². The zero-order valence-corrected chi connectivity index (χ0v) is 12.4. The van der Waals surface area contributed by atoms with Crippen molar-refractivity contribution < 1.29 is 8.42 Å². The summed E-state index contributed by atoms with van der Waals surface area (Å²) < 4.78 is 22.8. The van der Waals surface area contributed by atoms with Crippen LogP contribution in [0.1, 0.15) is 19.4 Å². The fraction of sp³-hybridized carbons (Fsp3) is 0.571. The second kappa shape index (κ2) is 5.92. The highest BCUT2D eigenvalue weighted by Gasteiger charge is 2.21. The van der Waals surface area contributed by atoms with Crippen molar-refractivity contribution in [3.63, 3.8) is 0 Å². The van der Waals surface area contributed by atoms with Crippen molar-refractivity contribution in [3.8, 4) is 0 Å². The van der Waals surface area contributed by atoms with Crippen LogP contribution in [-0.2, 0) is 16.4 Å². The Balaban J connectivity index is 1.95. The molecule has 1 aromatic carbocycles. The van der Waals surface area contributed by atoms with E-state index in [1.165, 1.54) is 5.56 Å². The first-order chi connectivity index (χ1) is 8.96. The van der Waals surface area contributed by atoms with Gasteiger partial charge in [0.05, 0.1) is 11.5 Å². The Bertz CT molecular complexity index is 495. The van der Waals surface area contributed by atoms with Crippen LogP contribution in [0.2, 0.25) is 0 Å². The van der Waals surface area contributed by atoms with Gasteiger partial charge in [-0.25, -0.2) is 8.42 Å². The lowest BCUT2D eigenvalue weighted by molar-refractivity contribution is 0.586. The molecule has 19 heavy (non-hydrogen) atoms. The monoisotopic (exact) mass is 282 g/mol. The number of benzene rings is 1. The fourth-order valence-electron chi connectivity index (χ4n) is 2.12. The van der Waals surface area contributed by atoms with Crippen LogP contribution in [0.3, 0.4) is 0 Å². The molecule has 0 radical (unpaired) electrons. The Morgan fingerprint density at radius 1 is 1.16 bits per heavy atom. The third-order valence-electron chi connectivity index (χ3n) is 3.36. The van der Waals surface area contributed by atoms with E-state index in [-0.39, 0.29) is 11.5 Å². The Kier molecular flexibility index (Phi) is 4.47. The van der Waals surface area contributed by atoms with Crippen molar-refractivity contribution in [2.75, 3.05) is 29.5 Å². The Morgan fingerprint density at radius 2 is 1.74 bits per heavy atom. The van der Waals surface area contributed by atoms with E-state index in [2.05, 4.69) is 48.3 Å². The maximum Gasteiger partial charge on any atom is 0.153 e. The summed E-state index contributed by atoms with van der Waals surface area (Å²) in [5.41, 5.74) is 2.37. The summed E-state index contributed by atoms with van der Waals surface area (Å²) in [4.78, 5) is 2.14. The van der Waals surface area contributed by atoms with Crippen LogP contribution in [0.15, 0.2) is 24.3 Å². The van der Waals surface area contributed by atoms with Gasteiger partial charge in [-0.3, -0.25) is 0 Å². The number of hydrogen-bond acceptors (Lipinski definition) is 4. The lowest BCUT2D eigenvalue weighted by Gasteiger charge is -2.28.